The Morgan fingerprint density at radius 2 is 2.25 bits per heavy atom. The van der Waals surface area contributed by atoms with E-state index in [-0.39, 0.29) is 0 Å². The van der Waals surface area contributed by atoms with Gasteiger partial charge in [0.1, 0.15) is 7.85 Å². The number of hydrogen-bond acceptors (Lipinski definition) is 1. The molecular weight excluding hydrogens is 145 g/mol. The lowest BCUT2D eigenvalue weighted by Crippen LogP contribution is -2.25. The van der Waals surface area contributed by atoms with Crippen LogP contribution in [0.3, 0.4) is 0 Å². The van der Waals surface area contributed by atoms with E-state index in [1.807, 2.05) is 6.07 Å². The number of rotatable bonds is 0. The SMILES string of the molecule is [B]c1ccc2c(c1)CCCN2C. The summed E-state index contributed by atoms with van der Waals surface area (Å²) >= 11 is 0. The standard InChI is InChI=1S/C10H12BN/c1-12-6-2-3-8-7-9(11)4-5-10(8)12/h4-5,7H,2-3,6H2,1H3. The van der Waals surface area contributed by atoms with Crippen molar-refractivity contribution in [3.63, 3.8) is 0 Å². The van der Waals surface area contributed by atoms with Crippen LogP contribution in [0.5, 0.6) is 0 Å². The highest BCUT2D eigenvalue weighted by Gasteiger charge is 2.12. The zero-order valence-corrected chi connectivity index (χ0v) is 7.38. The van der Waals surface area contributed by atoms with Crippen LogP contribution in [0.15, 0.2) is 18.2 Å². The van der Waals surface area contributed by atoms with Gasteiger partial charge in [0.25, 0.3) is 0 Å². The zero-order chi connectivity index (χ0) is 8.55. The van der Waals surface area contributed by atoms with Crippen molar-refractivity contribution in [1.29, 1.82) is 0 Å². The highest BCUT2D eigenvalue weighted by Crippen LogP contribution is 2.23. The summed E-state index contributed by atoms with van der Waals surface area (Å²) in [7, 11) is 7.84. The molecule has 0 atom stereocenters. The lowest BCUT2D eigenvalue weighted by Gasteiger charge is -2.27. The van der Waals surface area contributed by atoms with Crippen LogP contribution in [0.1, 0.15) is 12.0 Å². The largest absolute Gasteiger partial charge is 0.374 e. The van der Waals surface area contributed by atoms with Gasteiger partial charge in [-0.3, -0.25) is 0 Å². The minimum absolute atomic E-state index is 0.879. The molecule has 0 spiro atoms. The van der Waals surface area contributed by atoms with E-state index in [1.54, 1.807) is 0 Å². The molecule has 0 fully saturated rings. The molecule has 0 aliphatic carbocycles. The predicted octanol–water partition coefficient (Wildman–Crippen LogP) is 0.863. The first-order valence-electron chi connectivity index (χ1n) is 4.37. The summed E-state index contributed by atoms with van der Waals surface area (Å²) < 4.78 is 0. The van der Waals surface area contributed by atoms with E-state index in [2.05, 4.69) is 24.1 Å². The fourth-order valence-electron chi connectivity index (χ4n) is 1.81. The Bertz CT molecular complexity index is 296. The molecule has 60 valence electrons. The molecule has 1 aromatic carbocycles. The predicted molar refractivity (Wildman–Crippen MR) is 53.4 cm³/mol. The van der Waals surface area contributed by atoms with Crippen LogP contribution in [-0.4, -0.2) is 21.4 Å². The maximum Gasteiger partial charge on any atom is 0.113 e. The number of fused-ring (bicyclic) bond motifs is 1. The van der Waals surface area contributed by atoms with Crippen LogP contribution >= 0.6 is 0 Å². The molecule has 1 aromatic rings. The number of benzene rings is 1. The van der Waals surface area contributed by atoms with Crippen molar-refractivity contribution >= 4 is 19.0 Å². The van der Waals surface area contributed by atoms with Gasteiger partial charge in [0.15, 0.2) is 0 Å². The van der Waals surface area contributed by atoms with Crippen molar-refractivity contribution in [2.45, 2.75) is 12.8 Å². The smallest absolute Gasteiger partial charge is 0.113 e. The molecule has 0 unspecified atom stereocenters. The van der Waals surface area contributed by atoms with Crippen molar-refractivity contribution in [2.75, 3.05) is 18.5 Å². The third kappa shape index (κ3) is 1.22. The Hall–Kier alpha value is -0.915. The topological polar surface area (TPSA) is 3.24 Å². The summed E-state index contributed by atoms with van der Waals surface area (Å²) in [6.07, 6.45) is 2.41. The Labute approximate surface area is 74.8 Å². The van der Waals surface area contributed by atoms with Gasteiger partial charge >= 0.3 is 0 Å². The summed E-state index contributed by atoms with van der Waals surface area (Å²) in [6.45, 7) is 1.16. The zero-order valence-electron chi connectivity index (χ0n) is 7.38. The average Bonchev–Trinajstić information content (AvgIpc) is 2.04. The van der Waals surface area contributed by atoms with Gasteiger partial charge in [-0.15, -0.1) is 0 Å². The monoisotopic (exact) mass is 157 g/mol. The number of anilines is 1. The molecule has 12 heavy (non-hydrogen) atoms. The Morgan fingerprint density at radius 3 is 3.08 bits per heavy atom. The first-order valence-corrected chi connectivity index (χ1v) is 4.37. The van der Waals surface area contributed by atoms with Crippen molar-refractivity contribution in [3.8, 4) is 0 Å². The fraction of sp³-hybridized carbons (Fsp3) is 0.400. The van der Waals surface area contributed by atoms with E-state index in [0.29, 0.717) is 0 Å². The van der Waals surface area contributed by atoms with Crippen molar-refractivity contribution < 1.29 is 0 Å². The average molecular weight is 157 g/mol. The van der Waals surface area contributed by atoms with Gasteiger partial charge in [0.2, 0.25) is 0 Å². The van der Waals surface area contributed by atoms with Gasteiger partial charge in [-0.1, -0.05) is 17.6 Å². The molecule has 1 aliphatic rings. The van der Waals surface area contributed by atoms with E-state index >= 15 is 0 Å². The second kappa shape index (κ2) is 2.85. The maximum absolute atomic E-state index is 5.71. The van der Waals surface area contributed by atoms with Gasteiger partial charge in [-0.05, 0) is 24.5 Å². The fourth-order valence-corrected chi connectivity index (χ4v) is 1.81. The molecule has 2 heteroatoms. The van der Waals surface area contributed by atoms with Crippen LogP contribution in [-0.2, 0) is 6.42 Å². The lowest BCUT2D eigenvalue weighted by molar-refractivity contribution is 0.745. The Balaban J connectivity index is 2.46. The van der Waals surface area contributed by atoms with Gasteiger partial charge in [-0.2, -0.15) is 0 Å². The normalized spacial score (nSPS) is 15.9. The second-order valence-electron chi connectivity index (χ2n) is 3.41. The third-order valence-electron chi connectivity index (χ3n) is 2.45. The summed E-state index contributed by atoms with van der Waals surface area (Å²) in [4.78, 5) is 2.29. The molecule has 0 saturated carbocycles. The molecule has 0 N–H and O–H groups in total. The van der Waals surface area contributed by atoms with E-state index < -0.39 is 0 Å². The van der Waals surface area contributed by atoms with E-state index in [1.165, 1.54) is 24.1 Å². The first-order chi connectivity index (χ1) is 5.77. The highest BCUT2D eigenvalue weighted by atomic mass is 15.1. The summed E-state index contributed by atoms with van der Waals surface area (Å²) in [5.74, 6) is 0. The number of hydrogen-bond donors (Lipinski definition) is 0. The van der Waals surface area contributed by atoms with Crippen LogP contribution in [0, 0.1) is 0 Å². The second-order valence-corrected chi connectivity index (χ2v) is 3.41. The molecular formula is C10H12BN. The molecule has 0 amide bonds. The third-order valence-corrected chi connectivity index (χ3v) is 2.45. The lowest BCUT2D eigenvalue weighted by atomic mass is 9.91. The molecule has 1 heterocycles. The van der Waals surface area contributed by atoms with Gasteiger partial charge in [0, 0.05) is 19.3 Å². The highest BCUT2D eigenvalue weighted by molar-refractivity contribution is 6.32. The molecule has 1 nitrogen and oxygen atoms in total. The van der Waals surface area contributed by atoms with E-state index in [0.717, 1.165) is 12.0 Å². The van der Waals surface area contributed by atoms with Gasteiger partial charge in [0.05, 0.1) is 0 Å². The van der Waals surface area contributed by atoms with E-state index in [9.17, 15) is 0 Å². The number of aryl methyl sites for hydroxylation is 1. The van der Waals surface area contributed by atoms with Crippen LogP contribution in [0.4, 0.5) is 5.69 Å². The van der Waals surface area contributed by atoms with Gasteiger partial charge in [-0.25, -0.2) is 0 Å². The van der Waals surface area contributed by atoms with Crippen LogP contribution < -0.4 is 10.4 Å². The Morgan fingerprint density at radius 1 is 1.42 bits per heavy atom. The summed E-state index contributed by atoms with van der Waals surface area (Å²) in [5.41, 5.74) is 3.61. The molecule has 0 saturated heterocycles. The summed E-state index contributed by atoms with van der Waals surface area (Å²) in [5, 5.41) is 0. The number of nitrogens with zero attached hydrogens (tertiary/aromatic N) is 1. The van der Waals surface area contributed by atoms with Crippen molar-refractivity contribution in [3.05, 3.63) is 23.8 Å². The van der Waals surface area contributed by atoms with Crippen LogP contribution in [0.2, 0.25) is 0 Å². The minimum atomic E-state index is 0.879. The Kier molecular flexibility index (Phi) is 1.83. The minimum Gasteiger partial charge on any atom is -0.374 e. The molecule has 2 radical (unpaired) electrons. The van der Waals surface area contributed by atoms with Crippen LogP contribution in [0.25, 0.3) is 0 Å². The summed E-state index contributed by atoms with van der Waals surface area (Å²) in [6, 6.07) is 6.18. The van der Waals surface area contributed by atoms with Crippen molar-refractivity contribution in [2.24, 2.45) is 0 Å². The molecule has 2 rings (SSSR count). The maximum atomic E-state index is 5.71. The molecule has 0 aromatic heterocycles. The first kappa shape index (κ1) is 7.72. The van der Waals surface area contributed by atoms with E-state index in [4.69, 9.17) is 7.85 Å². The molecule has 0 bridgehead atoms. The van der Waals surface area contributed by atoms with Crippen molar-refractivity contribution in [1.82, 2.24) is 0 Å². The van der Waals surface area contributed by atoms with Gasteiger partial charge < -0.3 is 4.90 Å². The quantitative estimate of drug-likeness (QED) is 0.505. The molecule has 1 aliphatic heterocycles.